The number of hydrogen-bond acceptors (Lipinski definition) is 7. The second kappa shape index (κ2) is 9.09. The summed E-state index contributed by atoms with van der Waals surface area (Å²) in [5.74, 6) is 0.287. The molecular formula is C28H25N5O4. The molecule has 9 nitrogen and oxygen atoms in total. The number of rotatable bonds is 5. The number of carbonyl (C=O) groups is 1. The number of nitrogens with zero attached hydrogens (tertiary/aromatic N) is 3. The molecule has 186 valence electrons. The van der Waals surface area contributed by atoms with Crippen LogP contribution < -0.4 is 15.5 Å². The van der Waals surface area contributed by atoms with Crippen LogP contribution in [0.5, 0.6) is 11.6 Å². The monoisotopic (exact) mass is 495 g/mol. The number of aromatic hydroxyl groups is 1. The van der Waals surface area contributed by atoms with Crippen LogP contribution in [0.3, 0.4) is 0 Å². The standard InChI is InChI=1S/C28H25N5O4/c1-28(2,30)27(35)33(3)20-9-7-19(8-10-20)31-25(17-5-6-18-15-36-37-23(18)13-17)24-21-11-4-16(14-29)12-22(21)32-26(24)34/h4-13,32,34H,15,30H2,1-3H3. The predicted molar refractivity (Wildman–Crippen MR) is 140 cm³/mol. The van der Waals surface area contributed by atoms with Gasteiger partial charge in [-0.05, 0) is 56.3 Å². The summed E-state index contributed by atoms with van der Waals surface area (Å²) in [5, 5.41) is 20.9. The zero-order valence-corrected chi connectivity index (χ0v) is 20.6. The number of hydrogen-bond donors (Lipinski definition) is 3. The SMILES string of the molecule is CN(C(=O)C(C)(C)N)c1ccc(N=C(c2ccc3c(c2)OOC3)c2c(O)[nH]c3cc(C#N)ccc23)cc1. The highest BCUT2D eigenvalue weighted by molar-refractivity contribution is 6.22. The molecule has 0 fully saturated rings. The Labute approximate surface area is 213 Å². The lowest BCUT2D eigenvalue weighted by molar-refractivity contribution is -0.194. The molecule has 0 bridgehead atoms. The average Bonchev–Trinajstić information content (AvgIpc) is 3.48. The van der Waals surface area contributed by atoms with E-state index in [1.54, 1.807) is 63.4 Å². The summed E-state index contributed by atoms with van der Waals surface area (Å²) in [7, 11) is 1.67. The molecule has 1 aliphatic rings. The number of benzene rings is 3. The van der Waals surface area contributed by atoms with Crippen molar-refractivity contribution < 1.29 is 19.7 Å². The van der Waals surface area contributed by atoms with Crippen LogP contribution in [0, 0.1) is 11.3 Å². The second-order valence-electron chi connectivity index (χ2n) is 9.45. The van der Waals surface area contributed by atoms with Crippen molar-refractivity contribution in [2.45, 2.75) is 26.0 Å². The number of likely N-dealkylation sites (N-methyl/N-ethyl adjacent to an activating group) is 1. The quantitative estimate of drug-likeness (QED) is 0.277. The Morgan fingerprint density at radius 3 is 2.62 bits per heavy atom. The first kappa shape index (κ1) is 24.1. The smallest absolute Gasteiger partial charge is 0.246 e. The molecule has 9 heteroatoms. The maximum atomic E-state index is 12.6. The minimum absolute atomic E-state index is 0.0753. The maximum absolute atomic E-state index is 12.6. The van der Waals surface area contributed by atoms with Crippen LogP contribution in [0.1, 0.15) is 36.1 Å². The van der Waals surface area contributed by atoms with E-state index in [1.807, 2.05) is 18.2 Å². The van der Waals surface area contributed by atoms with E-state index in [4.69, 9.17) is 20.5 Å². The molecule has 4 N–H and O–H groups in total. The fourth-order valence-electron chi connectivity index (χ4n) is 4.24. The van der Waals surface area contributed by atoms with Crippen molar-refractivity contribution in [2.75, 3.05) is 11.9 Å². The van der Waals surface area contributed by atoms with Crippen LogP contribution in [0.15, 0.2) is 65.7 Å². The lowest BCUT2D eigenvalue weighted by atomic mass is 9.98. The summed E-state index contributed by atoms with van der Waals surface area (Å²) in [6.45, 7) is 3.68. The molecule has 0 aliphatic carbocycles. The highest BCUT2D eigenvalue weighted by Crippen LogP contribution is 2.35. The van der Waals surface area contributed by atoms with Gasteiger partial charge in [-0.3, -0.25) is 4.79 Å². The third-order valence-corrected chi connectivity index (χ3v) is 6.18. The van der Waals surface area contributed by atoms with Crippen LogP contribution in [-0.2, 0) is 16.3 Å². The van der Waals surface area contributed by atoms with Crippen LogP contribution >= 0.6 is 0 Å². The molecule has 1 aromatic heterocycles. The number of carbonyl (C=O) groups excluding carboxylic acids is 1. The zero-order chi connectivity index (χ0) is 26.3. The van der Waals surface area contributed by atoms with Gasteiger partial charge in [-0.25, -0.2) is 4.99 Å². The van der Waals surface area contributed by atoms with Crippen LogP contribution in [0.2, 0.25) is 0 Å². The van der Waals surface area contributed by atoms with Crippen molar-refractivity contribution in [2.24, 2.45) is 10.7 Å². The largest absolute Gasteiger partial charge is 0.494 e. The molecule has 0 radical (unpaired) electrons. The summed E-state index contributed by atoms with van der Waals surface area (Å²) >= 11 is 0. The van der Waals surface area contributed by atoms with E-state index in [-0.39, 0.29) is 11.8 Å². The van der Waals surface area contributed by atoms with Crippen LogP contribution in [0.4, 0.5) is 11.4 Å². The third-order valence-electron chi connectivity index (χ3n) is 6.18. The number of anilines is 1. The van der Waals surface area contributed by atoms with E-state index >= 15 is 0 Å². The Morgan fingerprint density at radius 2 is 1.92 bits per heavy atom. The maximum Gasteiger partial charge on any atom is 0.246 e. The molecule has 4 aromatic rings. The average molecular weight is 496 g/mol. The fraction of sp³-hybridized carbons (Fsp3) is 0.179. The van der Waals surface area contributed by atoms with Crippen LogP contribution in [-0.4, -0.2) is 34.3 Å². The molecule has 1 amide bonds. The Hall–Kier alpha value is -4.65. The molecule has 3 aromatic carbocycles. The first-order valence-electron chi connectivity index (χ1n) is 11.6. The first-order valence-corrected chi connectivity index (χ1v) is 11.6. The fourth-order valence-corrected chi connectivity index (χ4v) is 4.24. The minimum Gasteiger partial charge on any atom is -0.494 e. The van der Waals surface area contributed by atoms with Gasteiger partial charge < -0.3 is 25.6 Å². The van der Waals surface area contributed by atoms with E-state index in [2.05, 4.69) is 11.1 Å². The molecule has 2 heterocycles. The molecule has 0 saturated heterocycles. The van der Waals surface area contributed by atoms with Crippen molar-refractivity contribution in [3.8, 4) is 17.7 Å². The van der Waals surface area contributed by atoms with Crippen molar-refractivity contribution >= 4 is 33.9 Å². The molecule has 1 aliphatic heterocycles. The van der Waals surface area contributed by atoms with Gasteiger partial charge >= 0.3 is 0 Å². The molecular weight excluding hydrogens is 470 g/mol. The Morgan fingerprint density at radius 1 is 1.16 bits per heavy atom. The number of nitrogens with one attached hydrogen (secondary N) is 1. The number of amides is 1. The zero-order valence-electron chi connectivity index (χ0n) is 20.6. The number of nitrogens with two attached hydrogens (primary N) is 1. The number of aromatic amines is 1. The van der Waals surface area contributed by atoms with Crippen molar-refractivity contribution in [1.82, 2.24) is 4.98 Å². The van der Waals surface area contributed by atoms with Crippen LogP contribution in [0.25, 0.3) is 10.9 Å². The second-order valence-corrected chi connectivity index (χ2v) is 9.45. The van der Waals surface area contributed by atoms with Crippen molar-refractivity contribution in [1.29, 1.82) is 5.26 Å². The van der Waals surface area contributed by atoms with Gasteiger partial charge in [0.1, 0.15) is 6.61 Å². The summed E-state index contributed by atoms with van der Waals surface area (Å²) < 4.78 is 0. The molecule has 0 atom stereocenters. The third kappa shape index (κ3) is 4.51. The van der Waals surface area contributed by atoms with Crippen molar-refractivity contribution in [3.63, 3.8) is 0 Å². The molecule has 0 spiro atoms. The topological polar surface area (TPSA) is 137 Å². The number of fused-ring (bicyclic) bond motifs is 2. The lowest BCUT2D eigenvalue weighted by Crippen LogP contribution is -2.49. The van der Waals surface area contributed by atoms with Gasteiger partial charge in [0, 0.05) is 29.2 Å². The van der Waals surface area contributed by atoms with Crippen molar-refractivity contribution in [3.05, 3.63) is 82.9 Å². The summed E-state index contributed by atoms with van der Waals surface area (Å²) in [6, 6.07) is 20.0. The Bertz CT molecular complexity index is 1590. The number of nitriles is 1. The van der Waals surface area contributed by atoms with E-state index in [1.165, 1.54) is 4.90 Å². The first-order chi connectivity index (χ1) is 17.7. The lowest BCUT2D eigenvalue weighted by Gasteiger charge is -2.25. The molecule has 0 unspecified atom stereocenters. The van der Waals surface area contributed by atoms with Gasteiger partial charge in [0.15, 0.2) is 11.6 Å². The predicted octanol–water partition coefficient (Wildman–Crippen LogP) is 4.44. The number of H-pyrrole nitrogens is 1. The Kier molecular flexibility index (Phi) is 5.91. The summed E-state index contributed by atoms with van der Waals surface area (Å²) in [5.41, 5.74) is 9.91. The molecule has 5 rings (SSSR count). The van der Waals surface area contributed by atoms with Gasteiger partial charge in [-0.1, -0.05) is 18.2 Å². The minimum atomic E-state index is -1.00. The number of aromatic nitrogens is 1. The van der Waals surface area contributed by atoms with Gasteiger partial charge in [0.2, 0.25) is 5.91 Å². The normalized spacial score (nSPS) is 13.2. The van der Waals surface area contributed by atoms with E-state index < -0.39 is 5.54 Å². The van der Waals surface area contributed by atoms with E-state index in [9.17, 15) is 15.2 Å². The van der Waals surface area contributed by atoms with Gasteiger partial charge in [0.05, 0.1) is 39.7 Å². The highest BCUT2D eigenvalue weighted by atomic mass is 17.2. The molecule has 0 saturated carbocycles. The summed E-state index contributed by atoms with van der Waals surface area (Å²) in [6.07, 6.45) is 0. The van der Waals surface area contributed by atoms with Gasteiger partial charge in [-0.15, -0.1) is 0 Å². The summed E-state index contributed by atoms with van der Waals surface area (Å²) in [4.78, 5) is 32.3. The highest BCUT2D eigenvalue weighted by Gasteiger charge is 2.26. The van der Waals surface area contributed by atoms with E-state index in [0.29, 0.717) is 57.0 Å². The van der Waals surface area contributed by atoms with Gasteiger partial charge in [-0.2, -0.15) is 10.1 Å². The van der Waals surface area contributed by atoms with E-state index in [0.717, 1.165) is 5.56 Å². The Balaban J connectivity index is 1.62. The number of aliphatic imine (C=N–C) groups is 1. The van der Waals surface area contributed by atoms with Gasteiger partial charge in [0.25, 0.3) is 0 Å². The molecule has 37 heavy (non-hydrogen) atoms.